The zero-order valence-electron chi connectivity index (χ0n) is 45.9. The number of phosphoric ester groups is 1. The van der Waals surface area contributed by atoms with Crippen LogP contribution in [-0.4, -0.2) is 73.4 Å². The summed E-state index contributed by atoms with van der Waals surface area (Å²) in [5.41, 5.74) is 0. The van der Waals surface area contributed by atoms with Crippen molar-refractivity contribution < 1.29 is 32.9 Å². The number of allylic oxidation sites excluding steroid dienone is 5. The average molecular weight is 981 g/mol. The Labute approximate surface area is 423 Å². The lowest BCUT2D eigenvalue weighted by atomic mass is 10.0. The summed E-state index contributed by atoms with van der Waals surface area (Å²) in [6.45, 7) is 4.82. The van der Waals surface area contributed by atoms with Crippen molar-refractivity contribution >= 4 is 13.7 Å². The number of rotatable bonds is 54. The summed E-state index contributed by atoms with van der Waals surface area (Å²) < 4.78 is 23.7. The normalized spacial score (nSPS) is 14.2. The monoisotopic (exact) mass is 980 g/mol. The number of aliphatic hydroxyl groups excluding tert-OH is 1. The molecule has 9 heteroatoms. The van der Waals surface area contributed by atoms with E-state index in [9.17, 15) is 19.4 Å². The van der Waals surface area contributed by atoms with Gasteiger partial charge in [0.15, 0.2) is 0 Å². The number of hydrogen-bond acceptors (Lipinski definition) is 5. The molecular formula is C59H116N2O6P+. The van der Waals surface area contributed by atoms with Crippen LogP contribution >= 0.6 is 7.82 Å². The van der Waals surface area contributed by atoms with Crippen molar-refractivity contribution in [3.05, 3.63) is 36.5 Å². The molecule has 0 rings (SSSR count). The minimum atomic E-state index is -4.36. The maximum atomic E-state index is 13.0. The molecule has 3 N–H and O–H groups in total. The van der Waals surface area contributed by atoms with E-state index >= 15 is 0 Å². The van der Waals surface area contributed by atoms with Gasteiger partial charge in [0.05, 0.1) is 39.9 Å². The molecule has 8 nitrogen and oxygen atoms in total. The Balaban J connectivity index is 4.21. The van der Waals surface area contributed by atoms with E-state index in [0.29, 0.717) is 17.4 Å². The molecule has 1 amide bonds. The molecule has 0 spiro atoms. The van der Waals surface area contributed by atoms with Crippen molar-refractivity contribution in [2.24, 2.45) is 0 Å². The number of hydrogen-bond donors (Lipinski definition) is 3. The summed E-state index contributed by atoms with van der Waals surface area (Å²) in [5, 5.41) is 13.9. The molecule has 0 aliphatic carbocycles. The number of aliphatic hydroxyl groups is 1. The Morgan fingerprint density at radius 2 is 0.809 bits per heavy atom. The Bertz CT molecular complexity index is 1200. The van der Waals surface area contributed by atoms with E-state index in [1.807, 2.05) is 27.2 Å². The van der Waals surface area contributed by atoms with Crippen LogP contribution in [0.4, 0.5) is 0 Å². The molecule has 0 aliphatic heterocycles. The molecule has 0 bridgehead atoms. The number of likely N-dealkylation sites (N-methyl/N-ethyl adjacent to an activating group) is 1. The van der Waals surface area contributed by atoms with Gasteiger partial charge in [0.1, 0.15) is 13.2 Å². The molecule has 0 saturated heterocycles. The van der Waals surface area contributed by atoms with Gasteiger partial charge in [-0.25, -0.2) is 4.57 Å². The lowest BCUT2D eigenvalue weighted by Crippen LogP contribution is -2.45. The molecule has 68 heavy (non-hydrogen) atoms. The van der Waals surface area contributed by atoms with E-state index < -0.39 is 20.0 Å². The Morgan fingerprint density at radius 3 is 1.18 bits per heavy atom. The van der Waals surface area contributed by atoms with E-state index in [1.165, 1.54) is 225 Å². The van der Waals surface area contributed by atoms with Gasteiger partial charge in [-0.2, -0.15) is 0 Å². The molecule has 0 aromatic heterocycles. The lowest BCUT2D eigenvalue weighted by Gasteiger charge is -2.25. The molecule has 0 fully saturated rings. The number of quaternary nitrogens is 1. The van der Waals surface area contributed by atoms with Crippen molar-refractivity contribution in [2.45, 2.75) is 296 Å². The summed E-state index contributed by atoms with van der Waals surface area (Å²) in [6, 6.07) is -0.865. The lowest BCUT2D eigenvalue weighted by molar-refractivity contribution is -0.870. The summed E-state index contributed by atoms with van der Waals surface area (Å²) >= 11 is 0. The van der Waals surface area contributed by atoms with Crippen LogP contribution in [0.25, 0.3) is 0 Å². The van der Waals surface area contributed by atoms with Crippen molar-refractivity contribution in [1.82, 2.24) is 5.32 Å². The van der Waals surface area contributed by atoms with Gasteiger partial charge in [-0.05, 0) is 57.8 Å². The van der Waals surface area contributed by atoms with Crippen LogP contribution in [0.1, 0.15) is 284 Å². The number of nitrogens with one attached hydrogen (secondary N) is 1. The third kappa shape index (κ3) is 52.5. The molecule has 0 aliphatic rings. The zero-order chi connectivity index (χ0) is 49.9. The molecular weight excluding hydrogens is 864 g/mol. The highest BCUT2D eigenvalue weighted by Crippen LogP contribution is 2.43. The molecule has 0 aromatic rings. The smallest absolute Gasteiger partial charge is 0.387 e. The highest BCUT2D eigenvalue weighted by molar-refractivity contribution is 7.47. The molecule has 402 valence electrons. The second-order valence-electron chi connectivity index (χ2n) is 21.4. The van der Waals surface area contributed by atoms with E-state index in [4.69, 9.17) is 9.05 Å². The van der Waals surface area contributed by atoms with E-state index in [0.717, 1.165) is 38.5 Å². The van der Waals surface area contributed by atoms with Gasteiger partial charge in [0.25, 0.3) is 0 Å². The maximum Gasteiger partial charge on any atom is 0.472 e. The number of carbonyl (C=O) groups excluding carboxylic acids is 1. The van der Waals surface area contributed by atoms with Gasteiger partial charge < -0.3 is 19.8 Å². The summed E-state index contributed by atoms with van der Waals surface area (Å²) in [6.07, 6.45) is 65.4. The first-order chi connectivity index (χ1) is 33.0. The van der Waals surface area contributed by atoms with Gasteiger partial charge >= 0.3 is 7.82 Å². The fourth-order valence-electron chi connectivity index (χ4n) is 8.70. The fourth-order valence-corrected chi connectivity index (χ4v) is 9.44. The van der Waals surface area contributed by atoms with Crippen LogP contribution in [-0.2, 0) is 18.4 Å². The highest BCUT2D eigenvalue weighted by atomic mass is 31.2. The predicted molar refractivity (Wildman–Crippen MR) is 295 cm³/mol. The number of nitrogens with zero attached hydrogens (tertiary/aromatic N) is 1. The van der Waals surface area contributed by atoms with Crippen molar-refractivity contribution in [1.29, 1.82) is 0 Å². The molecule has 3 unspecified atom stereocenters. The van der Waals surface area contributed by atoms with Crippen molar-refractivity contribution in [3.8, 4) is 0 Å². The molecule has 0 radical (unpaired) electrons. The number of unbranched alkanes of at least 4 members (excludes halogenated alkanes) is 37. The first-order valence-electron chi connectivity index (χ1n) is 29.4. The van der Waals surface area contributed by atoms with Crippen LogP contribution in [0.3, 0.4) is 0 Å². The van der Waals surface area contributed by atoms with Crippen molar-refractivity contribution in [2.75, 3.05) is 40.9 Å². The van der Waals surface area contributed by atoms with Crippen LogP contribution in [0, 0.1) is 0 Å². The minimum Gasteiger partial charge on any atom is -0.387 e. The number of phosphoric acid groups is 1. The first-order valence-corrected chi connectivity index (χ1v) is 30.9. The number of amides is 1. The van der Waals surface area contributed by atoms with Gasteiger partial charge in [-0.1, -0.05) is 256 Å². The van der Waals surface area contributed by atoms with Crippen LogP contribution in [0.5, 0.6) is 0 Å². The van der Waals surface area contributed by atoms with Crippen LogP contribution < -0.4 is 5.32 Å². The topological polar surface area (TPSA) is 105 Å². The van der Waals surface area contributed by atoms with Crippen molar-refractivity contribution in [3.63, 3.8) is 0 Å². The van der Waals surface area contributed by atoms with Crippen LogP contribution in [0.15, 0.2) is 36.5 Å². The molecule has 0 saturated carbocycles. The SMILES string of the molecule is CCCCCCCCC/C=C\CCCCCCCCCC(=O)NC(COP(=O)(O)OCC[N+](C)(C)C)C(O)/C=C/CC/C=C/CCCCCCCCCCCCCCCCCCCCCCCC. The Kier molecular flexibility index (Phi) is 49.7. The van der Waals surface area contributed by atoms with E-state index in [2.05, 4.69) is 43.5 Å². The predicted octanol–water partition coefficient (Wildman–Crippen LogP) is 17.8. The van der Waals surface area contributed by atoms with Crippen LogP contribution in [0.2, 0.25) is 0 Å². The highest BCUT2D eigenvalue weighted by Gasteiger charge is 2.27. The Morgan fingerprint density at radius 1 is 0.485 bits per heavy atom. The first kappa shape index (κ1) is 66.7. The second-order valence-corrected chi connectivity index (χ2v) is 22.8. The minimum absolute atomic E-state index is 0.0559. The van der Waals surface area contributed by atoms with Gasteiger partial charge in [-0.15, -0.1) is 0 Å². The molecule has 3 atom stereocenters. The third-order valence-electron chi connectivity index (χ3n) is 13.3. The van der Waals surface area contributed by atoms with E-state index in [1.54, 1.807) is 6.08 Å². The largest absolute Gasteiger partial charge is 0.472 e. The zero-order valence-corrected chi connectivity index (χ0v) is 46.8. The van der Waals surface area contributed by atoms with Gasteiger partial charge in [-0.3, -0.25) is 13.8 Å². The molecule has 0 heterocycles. The Hall–Kier alpha value is -1.28. The quantitative estimate of drug-likeness (QED) is 0.0243. The molecule has 0 aromatic carbocycles. The second kappa shape index (κ2) is 50.7. The summed E-state index contributed by atoms with van der Waals surface area (Å²) in [5.74, 6) is -0.189. The van der Waals surface area contributed by atoms with E-state index in [-0.39, 0.29) is 19.1 Å². The van der Waals surface area contributed by atoms with Gasteiger partial charge in [0.2, 0.25) is 5.91 Å². The fraction of sp³-hybridized carbons (Fsp3) is 0.881. The summed E-state index contributed by atoms with van der Waals surface area (Å²) in [7, 11) is 1.56. The number of carbonyl (C=O) groups is 1. The third-order valence-corrected chi connectivity index (χ3v) is 14.3. The van der Waals surface area contributed by atoms with Gasteiger partial charge in [0, 0.05) is 6.42 Å². The standard InChI is InChI=1S/C59H115N2O6P/c1-6-8-10-12-14-16-18-20-22-24-26-27-28-29-30-31-32-33-34-35-36-38-40-42-44-46-48-50-52-58(62)57(56-67-68(64,65)66-55-54-61(3,4)5)60-59(63)53-51-49-47-45-43-41-39-37-25-23-21-19-17-15-13-11-9-7-2/h23,25,42,44,50,52,57-58,62H,6-22,24,26-41,43,45-49,51,53-56H2,1-5H3,(H-,60,63,64,65)/p+1/b25-23-,44-42+,52-50+. The summed E-state index contributed by atoms with van der Waals surface area (Å²) in [4.78, 5) is 23.3. The maximum absolute atomic E-state index is 13.0. The average Bonchev–Trinajstić information content (AvgIpc) is 3.30.